The average Bonchev–Trinajstić information content (AvgIpc) is 1.59. The van der Waals surface area contributed by atoms with Crippen LogP contribution in [0.2, 0.25) is 25.7 Å². The van der Waals surface area contributed by atoms with Gasteiger partial charge in [0.05, 0.1) is 0 Å². The van der Waals surface area contributed by atoms with Gasteiger partial charge in [-0.3, -0.25) is 0 Å². The van der Waals surface area contributed by atoms with E-state index in [1.165, 1.54) is 0 Å². The molecule has 0 bridgehead atoms. The van der Waals surface area contributed by atoms with E-state index in [1.807, 2.05) is 6.92 Å². The predicted octanol–water partition coefficient (Wildman–Crippen LogP) is 1.66. The first kappa shape index (κ1) is 10.4. The van der Waals surface area contributed by atoms with Crippen LogP contribution in [0.3, 0.4) is 0 Å². The molecule has 0 aliphatic carbocycles. The van der Waals surface area contributed by atoms with Gasteiger partial charge in [0.15, 0.2) is 0 Å². The van der Waals surface area contributed by atoms with E-state index < -0.39 is 8.07 Å². The van der Waals surface area contributed by atoms with Crippen LogP contribution in [0, 0.1) is 0 Å². The van der Waals surface area contributed by atoms with Gasteiger partial charge in [-0.1, -0.05) is 0 Å². The summed E-state index contributed by atoms with van der Waals surface area (Å²) in [5.41, 5.74) is 0. The second kappa shape index (κ2) is 4.32. The molecule has 0 aliphatic rings. The van der Waals surface area contributed by atoms with E-state index in [4.69, 9.17) is 4.74 Å². The third-order valence-corrected chi connectivity index (χ3v) is 3.49. The van der Waals surface area contributed by atoms with Gasteiger partial charge in [0.1, 0.15) is 0 Å². The topological polar surface area (TPSA) is 9.23 Å². The van der Waals surface area contributed by atoms with Crippen LogP contribution in [0.25, 0.3) is 0 Å². The molecule has 0 saturated heterocycles. The fourth-order valence-corrected chi connectivity index (χ4v) is 4.59. The molecule has 0 rings (SSSR count). The Morgan fingerprint density at radius 1 is 1.40 bits per heavy atom. The zero-order valence-electron chi connectivity index (χ0n) is 7.23. The first-order valence-electron chi connectivity index (χ1n) is 3.61. The Labute approximate surface area is 72.5 Å². The second-order valence-corrected chi connectivity index (χ2v) is 9.97. The molecule has 0 radical (unpaired) electrons. The maximum absolute atomic E-state index is 5.31. The van der Waals surface area contributed by atoms with Gasteiger partial charge < -0.3 is 0 Å². The van der Waals surface area contributed by atoms with E-state index in [0.29, 0.717) is 0 Å². The van der Waals surface area contributed by atoms with Crippen molar-refractivity contribution in [2.75, 3.05) is 6.61 Å². The van der Waals surface area contributed by atoms with Gasteiger partial charge in [-0.15, -0.1) is 0 Å². The summed E-state index contributed by atoms with van der Waals surface area (Å²) in [5, 5.41) is 0. The van der Waals surface area contributed by atoms with Crippen LogP contribution in [-0.2, 0) is 4.74 Å². The van der Waals surface area contributed by atoms with Crippen LogP contribution >= 0.6 is 0 Å². The van der Waals surface area contributed by atoms with Crippen LogP contribution in [0.1, 0.15) is 6.92 Å². The second-order valence-electron chi connectivity index (χ2n) is 3.54. The fraction of sp³-hybridized carbons (Fsp3) is 0.857. The first-order valence-corrected chi connectivity index (χ1v) is 8.17. The van der Waals surface area contributed by atoms with E-state index in [-0.39, 0.29) is 0 Å². The van der Waals surface area contributed by atoms with E-state index in [9.17, 15) is 0 Å². The Morgan fingerprint density at radius 2 is 1.90 bits per heavy atom. The number of rotatable bonds is 4. The fourth-order valence-electron chi connectivity index (χ4n) is 0.645. The molecule has 0 aliphatic heterocycles. The Balaban J connectivity index is 3.58. The maximum atomic E-state index is 5.31. The molecule has 0 unspecified atom stereocenters. The molecular weight excluding hydrogens is 207 g/mol. The van der Waals surface area contributed by atoms with Gasteiger partial charge in [0.25, 0.3) is 0 Å². The molecule has 0 heterocycles. The Morgan fingerprint density at radius 3 is 2.20 bits per heavy atom. The molecule has 0 spiro atoms. The van der Waals surface area contributed by atoms with Gasteiger partial charge in [-0.25, -0.2) is 0 Å². The van der Waals surface area contributed by atoms with Crippen molar-refractivity contribution in [1.29, 1.82) is 0 Å². The zero-order chi connectivity index (χ0) is 8.20. The van der Waals surface area contributed by atoms with Gasteiger partial charge in [0, 0.05) is 0 Å². The van der Waals surface area contributed by atoms with Crippen molar-refractivity contribution >= 4 is 28.3 Å². The average molecular weight is 223 g/mol. The third kappa shape index (κ3) is 6.53. The molecule has 0 fully saturated rings. The molecule has 3 heteroatoms. The summed E-state index contributed by atoms with van der Waals surface area (Å²) < 4.78 is 6.40. The standard InChI is InChI=1S/C7H16OSeSi/c1-5-8-7(9)6-10(2,3)4/h5-6H2,1-4H3. The van der Waals surface area contributed by atoms with Crippen LogP contribution in [0.15, 0.2) is 0 Å². The van der Waals surface area contributed by atoms with Crippen molar-refractivity contribution < 1.29 is 4.74 Å². The SMILES string of the molecule is CCOC(=[Se])C[Si](C)(C)C. The van der Waals surface area contributed by atoms with E-state index in [0.717, 1.165) is 17.3 Å². The molecule has 0 N–H and O–H groups in total. The molecule has 0 aromatic rings. The van der Waals surface area contributed by atoms with Crippen LogP contribution in [0.5, 0.6) is 0 Å². The minimum atomic E-state index is -0.951. The van der Waals surface area contributed by atoms with Gasteiger partial charge in [-0.2, -0.15) is 0 Å². The molecular formula is C7H16OSeSi. The molecule has 1 nitrogen and oxygen atoms in total. The summed E-state index contributed by atoms with van der Waals surface area (Å²) in [4.78, 5) is 0. The van der Waals surface area contributed by atoms with Gasteiger partial charge in [-0.05, 0) is 0 Å². The minimum absolute atomic E-state index is 0.785. The number of hydrogen-bond acceptors (Lipinski definition) is 1. The van der Waals surface area contributed by atoms with Gasteiger partial charge >= 0.3 is 72.2 Å². The normalized spacial score (nSPS) is 11.2. The van der Waals surface area contributed by atoms with Crippen LogP contribution in [-0.4, -0.2) is 34.9 Å². The van der Waals surface area contributed by atoms with Crippen molar-refractivity contribution in [2.45, 2.75) is 32.6 Å². The molecule has 0 aromatic carbocycles. The van der Waals surface area contributed by atoms with Crippen LogP contribution in [0.4, 0.5) is 0 Å². The first-order chi connectivity index (χ1) is 4.45. The van der Waals surface area contributed by atoms with Crippen molar-refractivity contribution in [3.63, 3.8) is 0 Å². The summed E-state index contributed by atoms with van der Waals surface area (Å²) in [7, 11) is -0.951. The summed E-state index contributed by atoms with van der Waals surface area (Å²) in [6.07, 6.45) is 0. The summed E-state index contributed by atoms with van der Waals surface area (Å²) in [6, 6.07) is 1.14. The summed E-state index contributed by atoms with van der Waals surface area (Å²) in [6.45, 7) is 9.81. The number of hydrogen-bond donors (Lipinski definition) is 0. The Hall–Kier alpha value is 0.406. The molecule has 10 heavy (non-hydrogen) atoms. The summed E-state index contributed by atoms with van der Waals surface area (Å²) in [5.74, 6) is 0. The molecule has 0 amide bonds. The van der Waals surface area contributed by atoms with E-state index in [1.54, 1.807) is 0 Å². The molecule has 0 saturated carbocycles. The Kier molecular flexibility index (Phi) is 4.49. The zero-order valence-corrected chi connectivity index (χ0v) is 9.94. The van der Waals surface area contributed by atoms with E-state index in [2.05, 4.69) is 35.2 Å². The van der Waals surface area contributed by atoms with Crippen molar-refractivity contribution in [1.82, 2.24) is 0 Å². The third-order valence-electron chi connectivity index (χ3n) is 0.980. The monoisotopic (exact) mass is 224 g/mol. The van der Waals surface area contributed by atoms with E-state index >= 15 is 0 Å². The molecule has 0 atom stereocenters. The Bertz CT molecular complexity index is 117. The predicted molar refractivity (Wildman–Crippen MR) is 50.5 cm³/mol. The molecule has 0 aromatic heterocycles. The van der Waals surface area contributed by atoms with Crippen molar-refractivity contribution in [3.05, 3.63) is 0 Å². The van der Waals surface area contributed by atoms with Crippen molar-refractivity contribution in [3.8, 4) is 0 Å². The quantitative estimate of drug-likeness (QED) is 0.659. The molecule has 60 valence electrons. The number of ether oxygens (including phenoxy) is 1. The van der Waals surface area contributed by atoms with Gasteiger partial charge in [0.2, 0.25) is 0 Å². The van der Waals surface area contributed by atoms with Crippen molar-refractivity contribution in [2.24, 2.45) is 0 Å². The van der Waals surface area contributed by atoms with Crippen LogP contribution < -0.4 is 0 Å². The summed E-state index contributed by atoms with van der Waals surface area (Å²) >= 11 is 2.96.